The van der Waals surface area contributed by atoms with Crippen molar-refractivity contribution in [3.05, 3.63) is 33.9 Å². The summed E-state index contributed by atoms with van der Waals surface area (Å²) >= 11 is 0. The van der Waals surface area contributed by atoms with Gasteiger partial charge >= 0.3 is 0 Å². The van der Waals surface area contributed by atoms with E-state index >= 15 is 0 Å². The smallest absolute Gasteiger partial charge is 0.289 e. The van der Waals surface area contributed by atoms with Gasteiger partial charge in [0.1, 0.15) is 11.6 Å². The van der Waals surface area contributed by atoms with E-state index in [2.05, 4.69) is 11.8 Å². The van der Waals surface area contributed by atoms with Crippen LogP contribution in [0.4, 0.5) is 11.4 Å². The lowest BCUT2D eigenvalue weighted by atomic mass is 9.86. The fraction of sp³-hybridized carbons (Fsp3) is 0.533. The van der Waals surface area contributed by atoms with Gasteiger partial charge in [-0.2, -0.15) is 5.26 Å². The molecule has 106 valence electrons. The summed E-state index contributed by atoms with van der Waals surface area (Å²) in [7, 11) is 1.98. The van der Waals surface area contributed by atoms with Crippen LogP contribution in [0.1, 0.15) is 38.2 Å². The first-order valence-corrected chi connectivity index (χ1v) is 6.94. The van der Waals surface area contributed by atoms with Gasteiger partial charge in [-0.3, -0.25) is 10.1 Å². The van der Waals surface area contributed by atoms with Crippen LogP contribution in [0.2, 0.25) is 0 Å². The van der Waals surface area contributed by atoms with E-state index in [9.17, 15) is 10.1 Å². The third-order valence-corrected chi connectivity index (χ3v) is 4.24. The van der Waals surface area contributed by atoms with Gasteiger partial charge in [-0.1, -0.05) is 6.92 Å². The van der Waals surface area contributed by atoms with Crippen LogP contribution in [0, 0.1) is 27.4 Å². The molecule has 0 N–H and O–H groups in total. The molecule has 0 heterocycles. The molecular formula is C15H19N3O2. The van der Waals surface area contributed by atoms with Crippen molar-refractivity contribution in [3.63, 3.8) is 0 Å². The number of rotatable bonds is 3. The van der Waals surface area contributed by atoms with Gasteiger partial charge in [0, 0.05) is 24.8 Å². The normalized spacial score (nSPS) is 22.1. The van der Waals surface area contributed by atoms with Crippen molar-refractivity contribution in [2.45, 2.75) is 38.6 Å². The van der Waals surface area contributed by atoms with E-state index in [1.54, 1.807) is 6.07 Å². The predicted octanol–water partition coefficient (Wildman–Crippen LogP) is 3.48. The topological polar surface area (TPSA) is 70.2 Å². The molecule has 2 rings (SSSR count). The van der Waals surface area contributed by atoms with Crippen LogP contribution in [0.5, 0.6) is 0 Å². The summed E-state index contributed by atoms with van der Waals surface area (Å²) in [4.78, 5) is 12.6. The first-order chi connectivity index (χ1) is 9.52. The van der Waals surface area contributed by atoms with Crippen LogP contribution in [-0.4, -0.2) is 18.0 Å². The number of hydrogen-bond donors (Lipinski definition) is 0. The third-order valence-electron chi connectivity index (χ3n) is 4.24. The SMILES string of the molecule is CC1CCC(N(C)c2ccc(C#N)c([N+](=O)[O-])c2)CC1. The van der Waals surface area contributed by atoms with E-state index in [1.165, 1.54) is 25.0 Å². The molecule has 20 heavy (non-hydrogen) atoms. The number of hydrogen-bond acceptors (Lipinski definition) is 4. The van der Waals surface area contributed by atoms with Gasteiger partial charge in [-0.25, -0.2) is 0 Å². The molecule has 1 fully saturated rings. The molecule has 0 spiro atoms. The molecule has 1 aliphatic rings. The van der Waals surface area contributed by atoms with Crippen molar-refractivity contribution in [2.75, 3.05) is 11.9 Å². The fourth-order valence-corrected chi connectivity index (χ4v) is 2.83. The Balaban J connectivity index is 2.22. The summed E-state index contributed by atoms with van der Waals surface area (Å²) in [6.45, 7) is 2.27. The number of nitrogens with zero attached hydrogens (tertiary/aromatic N) is 3. The molecule has 1 aromatic carbocycles. The van der Waals surface area contributed by atoms with E-state index in [1.807, 2.05) is 13.1 Å². The monoisotopic (exact) mass is 273 g/mol. The number of nitro benzene ring substituents is 1. The number of benzene rings is 1. The van der Waals surface area contributed by atoms with Gasteiger partial charge in [0.25, 0.3) is 5.69 Å². The van der Waals surface area contributed by atoms with Crippen LogP contribution in [0.15, 0.2) is 18.2 Å². The minimum atomic E-state index is -0.487. The second-order valence-electron chi connectivity index (χ2n) is 5.59. The number of anilines is 1. The average molecular weight is 273 g/mol. The van der Waals surface area contributed by atoms with E-state index in [-0.39, 0.29) is 11.3 Å². The van der Waals surface area contributed by atoms with E-state index in [0.717, 1.165) is 24.4 Å². The first kappa shape index (κ1) is 14.3. The Morgan fingerprint density at radius 1 is 1.35 bits per heavy atom. The lowest BCUT2D eigenvalue weighted by molar-refractivity contribution is -0.385. The largest absolute Gasteiger partial charge is 0.371 e. The van der Waals surface area contributed by atoms with E-state index in [4.69, 9.17) is 5.26 Å². The molecule has 1 aromatic rings. The van der Waals surface area contributed by atoms with Crippen molar-refractivity contribution in [2.24, 2.45) is 5.92 Å². The van der Waals surface area contributed by atoms with Gasteiger partial charge in [-0.05, 0) is 43.7 Å². The number of nitro groups is 1. The highest BCUT2D eigenvalue weighted by molar-refractivity contribution is 5.60. The Morgan fingerprint density at radius 2 is 2.00 bits per heavy atom. The van der Waals surface area contributed by atoms with Crippen LogP contribution < -0.4 is 4.90 Å². The second-order valence-corrected chi connectivity index (χ2v) is 5.59. The Labute approximate surface area is 119 Å². The summed E-state index contributed by atoms with van der Waals surface area (Å²) < 4.78 is 0. The lowest BCUT2D eigenvalue weighted by Crippen LogP contribution is -2.34. The van der Waals surface area contributed by atoms with Crippen LogP contribution in [0.25, 0.3) is 0 Å². The van der Waals surface area contributed by atoms with Gasteiger partial charge in [0.05, 0.1) is 4.92 Å². The molecule has 1 aliphatic carbocycles. The molecule has 5 heteroatoms. The second kappa shape index (κ2) is 5.91. The molecule has 0 aliphatic heterocycles. The Kier molecular flexibility index (Phi) is 4.23. The van der Waals surface area contributed by atoms with Gasteiger partial charge in [0.15, 0.2) is 0 Å². The van der Waals surface area contributed by atoms with Crippen LogP contribution in [-0.2, 0) is 0 Å². The fourth-order valence-electron chi connectivity index (χ4n) is 2.83. The summed E-state index contributed by atoms with van der Waals surface area (Å²) in [5.41, 5.74) is 0.820. The molecule has 0 unspecified atom stereocenters. The highest BCUT2D eigenvalue weighted by atomic mass is 16.6. The summed E-state index contributed by atoms with van der Waals surface area (Å²) in [5, 5.41) is 19.9. The number of nitriles is 1. The Bertz CT molecular complexity index is 543. The predicted molar refractivity (Wildman–Crippen MR) is 77.6 cm³/mol. The van der Waals surface area contributed by atoms with Gasteiger partial charge in [0.2, 0.25) is 0 Å². The lowest BCUT2D eigenvalue weighted by Gasteiger charge is -2.35. The molecule has 0 saturated heterocycles. The molecule has 1 saturated carbocycles. The van der Waals surface area contributed by atoms with Crippen molar-refractivity contribution < 1.29 is 4.92 Å². The summed E-state index contributed by atoms with van der Waals surface area (Å²) in [5.74, 6) is 0.773. The van der Waals surface area contributed by atoms with Gasteiger partial charge in [-0.15, -0.1) is 0 Å². The standard InChI is InChI=1S/C15H19N3O2/c1-11-3-6-13(7-4-11)17(2)14-8-5-12(10-16)15(9-14)18(19)20/h5,8-9,11,13H,3-4,6-7H2,1-2H3. The van der Waals surface area contributed by atoms with Crippen molar-refractivity contribution in [3.8, 4) is 6.07 Å². The third kappa shape index (κ3) is 2.90. The first-order valence-electron chi connectivity index (χ1n) is 6.94. The maximum Gasteiger partial charge on any atom is 0.289 e. The zero-order valence-corrected chi connectivity index (χ0v) is 11.9. The minimum absolute atomic E-state index is 0.110. The maximum absolute atomic E-state index is 11.0. The van der Waals surface area contributed by atoms with Crippen molar-refractivity contribution in [1.82, 2.24) is 0 Å². The van der Waals surface area contributed by atoms with Gasteiger partial charge < -0.3 is 4.90 Å². The van der Waals surface area contributed by atoms with Crippen molar-refractivity contribution >= 4 is 11.4 Å². The Hall–Kier alpha value is -2.09. The Morgan fingerprint density at radius 3 is 2.55 bits per heavy atom. The van der Waals surface area contributed by atoms with E-state index < -0.39 is 4.92 Å². The summed E-state index contributed by atoms with van der Waals surface area (Å²) in [6.07, 6.45) is 4.64. The van der Waals surface area contributed by atoms with Crippen molar-refractivity contribution in [1.29, 1.82) is 5.26 Å². The average Bonchev–Trinajstić information content (AvgIpc) is 2.46. The molecule has 0 atom stereocenters. The quantitative estimate of drug-likeness (QED) is 0.624. The molecular weight excluding hydrogens is 254 g/mol. The highest BCUT2D eigenvalue weighted by Gasteiger charge is 2.23. The van der Waals surface area contributed by atoms with E-state index in [0.29, 0.717) is 6.04 Å². The maximum atomic E-state index is 11.0. The molecule has 0 amide bonds. The zero-order valence-electron chi connectivity index (χ0n) is 11.9. The molecule has 0 bridgehead atoms. The molecule has 0 radical (unpaired) electrons. The zero-order chi connectivity index (χ0) is 14.7. The molecule has 0 aromatic heterocycles. The van der Waals surface area contributed by atoms with Crippen LogP contribution in [0.3, 0.4) is 0 Å². The highest BCUT2D eigenvalue weighted by Crippen LogP contribution is 2.31. The minimum Gasteiger partial charge on any atom is -0.371 e. The van der Waals surface area contributed by atoms with Crippen LogP contribution >= 0.6 is 0 Å². The molecule has 5 nitrogen and oxygen atoms in total. The summed E-state index contributed by atoms with van der Waals surface area (Å²) in [6, 6.07) is 7.14.